The molecule has 9 nitrogen and oxygen atoms in total. The number of rotatable bonds is 7. The molecule has 1 atom stereocenters. The number of aliphatic imine (C=N–C) groups is 1. The molecule has 1 aromatic carbocycles. The predicted molar refractivity (Wildman–Crippen MR) is 135 cm³/mol. The Labute approximate surface area is 212 Å². The molecular weight excluding hydrogens is 471 g/mol. The van der Waals surface area contributed by atoms with Gasteiger partial charge >= 0.3 is 0 Å². The fraction of sp³-hybridized carbons (Fsp3) is 0.148. The molecule has 0 aliphatic carbocycles. The van der Waals surface area contributed by atoms with Gasteiger partial charge in [0.1, 0.15) is 17.7 Å². The van der Waals surface area contributed by atoms with Crippen LogP contribution >= 0.6 is 0 Å². The van der Waals surface area contributed by atoms with Crippen molar-refractivity contribution in [2.45, 2.75) is 26.1 Å². The summed E-state index contributed by atoms with van der Waals surface area (Å²) in [5.41, 5.74) is 5.33. The van der Waals surface area contributed by atoms with Crippen molar-refractivity contribution < 1.29 is 9.18 Å². The molecule has 0 saturated heterocycles. The fourth-order valence-electron chi connectivity index (χ4n) is 3.85. The Bertz CT molecular complexity index is 1530. The van der Waals surface area contributed by atoms with Crippen LogP contribution in [0.1, 0.15) is 51.4 Å². The highest BCUT2D eigenvalue weighted by atomic mass is 19.1. The van der Waals surface area contributed by atoms with E-state index in [1.165, 1.54) is 24.4 Å². The summed E-state index contributed by atoms with van der Waals surface area (Å²) < 4.78 is 13.2. The fourth-order valence-corrected chi connectivity index (χ4v) is 3.85. The van der Waals surface area contributed by atoms with E-state index in [0.29, 0.717) is 23.8 Å². The predicted octanol–water partition coefficient (Wildman–Crippen LogP) is 3.98. The minimum Gasteiger partial charge on any atom is -0.364 e. The summed E-state index contributed by atoms with van der Waals surface area (Å²) in [6.07, 6.45) is 8.21. The number of nitrogens with one attached hydrogen (secondary N) is 2. The molecule has 0 radical (unpaired) electrons. The Kier molecular flexibility index (Phi) is 6.59. The first-order valence-corrected chi connectivity index (χ1v) is 11.5. The molecule has 4 aromatic rings. The highest BCUT2D eigenvalue weighted by Crippen LogP contribution is 2.22. The minimum absolute atomic E-state index is 0.212. The SMILES string of the molecule is C[C@H](NC(=O)c1cc(C#N)cnc1NCc1cnc(-c2cnc3c(c2)CN=C3)cn1)c1ccc(F)cc1. The van der Waals surface area contributed by atoms with Crippen molar-refractivity contribution >= 4 is 17.9 Å². The molecule has 182 valence electrons. The number of hydrogen-bond acceptors (Lipinski definition) is 8. The van der Waals surface area contributed by atoms with Gasteiger partial charge in [-0.3, -0.25) is 24.7 Å². The van der Waals surface area contributed by atoms with E-state index in [2.05, 4.69) is 35.6 Å². The van der Waals surface area contributed by atoms with Gasteiger partial charge < -0.3 is 10.6 Å². The smallest absolute Gasteiger partial charge is 0.255 e. The van der Waals surface area contributed by atoms with Gasteiger partial charge in [-0.2, -0.15) is 5.26 Å². The summed E-state index contributed by atoms with van der Waals surface area (Å²) in [5, 5.41) is 15.3. The molecule has 0 fully saturated rings. The Morgan fingerprint density at radius 3 is 2.68 bits per heavy atom. The van der Waals surface area contributed by atoms with Gasteiger partial charge in [-0.1, -0.05) is 12.1 Å². The van der Waals surface area contributed by atoms with Gasteiger partial charge in [-0.15, -0.1) is 0 Å². The van der Waals surface area contributed by atoms with Crippen molar-refractivity contribution in [2.75, 3.05) is 5.32 Å². The number of carbonyl (C=O) groups excluding carboxylic acids is 1. The van der Waals surface area contributed by atoms with E-state index in [0.717, 1.165) is 22.4 Å². The first-order chi connectivity index (χ1) is 18.0. The van der Waals surface area contributed by atoms with Crippen LogP contribution in [0.4, 0.5) is 10.2 Å². The number of aromatic nitrogens is 4. The van der Waals surface area contributed by atoms with E-state index in [4.69, 9.17) is 0 Å². The van der Waals surface area contributed by atoms with E-state index in [-0.39, 0.29) is 29.5 Å². The summed E-state index contributed by atoms with van der Waals surface area (Å²) in [5.74, 6) is -0.468. The van der Waals surface area contributed by atoms with Crippen molar-refractivity contribution in [2.24, 2.45) is 4.99 Å². The van der Waals surface area contributed by atoms with Gasteiger partial charge in [0.05, 0.1) is 59.7 Å². The van der Waals surface area contributed by atoms with Gasteiger partial charge in [-0.05, 0) is 36.8 Å². The maximum atomic E-state index is 13.2. The Hall–Kier alpha value is -5.04. The third-order valence-electron chi connectivity index (χ3n) is 5.89. The second-order valence-corrected chi connectivity index (χ2v) is 8.46. The highest BCUT2D eigenvalue weighted by Gasteiger charge is 2.18. The monoisotopic (exact) mass is 492 g/mol. The molecule has 0 unspecified atom stereocenters. The van der Waals surface area contributed by atoms with E-state index < -0.39 is 5.91 Å². The zero-order chi connectivity index (χ0) is 25.8. The lowest BCUT2D eigenvalue weighted by Crippen LogP contribution is -2.28. The van der Waals surface area contributed by atoms with Crippen molar-refractivity contribution in [3.05, 3.63) is 101 Å². The Morgan fingerprint density at radius 1 is 1.08 bits per heavy atom. The number of nitriles is 1. The molecule has 1 amide bonds. The van der Waals surface area contributed by atoms with Crippen molar-refractivity contribution in [1.29, 1.82) is 5.26 Å². The summed E-state index contributed by atoms with van der Waals surface area (Å²) in [6.45, 7) is 2.67. The first-order valence-electron chi connectivity index (χ1n) is 11.5. The molecule has 10 heteroatoms. The lowest BCUT2D eigenvalue weighted by Gasteiger charge is -2.16. The summed E-state index contributed by atoms with van der Waals surface area (Å²) in [7, 11) is 0. The summed E-state index contributed by atoms with van der Waals surface area (Å²) >= 11 is 0. The van der Waals surface area contributed by atoms with Crippen LogP contribution in [0.15, 0.2) is 66.2 Å². The number of fused-ring (bicyclic) bond motifs is 1. The van der Waals surface area contributed by atoms with Crippen LogP contribution in [0.25, 0.3) is 11.3 Å². The van der Waals surface area contributed by atoms with Crippen LogP contribution in [0.2, 0.25) is 0 Å². The number of anilines is 1. The van der Waals surface area contributed by atoms with Crippen LogP contribution in [0.3, 0.4) is 0 Å². The van der Waals surface area contributed by atoms with E-state index in [1.807, 2.05) is 12.1 Å². The minimum atomic E-state index is -0.418. The molecule has 2 N–H and O–H groups in total. The number of nitrogens with zero attached hydrogens (tertiary/aromatic N) is 6. The molecule has 5 rings (SSSR count). The molecule has 0 saturated carbocycles. The molecule has 1 aliphatic heterocycles. The lowest BCUT2D eigenvalue weighted by molar-refractivity contribution is 0.0940. The van der Waals surface area contributed by atoms with Gasteiger partial charge in [0.2, 0.25) is 0 Å². The van der Waals surface area contributed by atoms with Crippen molar-refractivity contribution in [3.8, 4) is 17.3 Å². The first kappa shape index (κ1) is 23.7. The van der Waals surface area contributed by atoms with Crippen LogP contribution in [0, 0.1) is 17.1 Å². The van der Waals surface area contributed by atoms with Gasteiger partial charge in [0.15, 0.2) is 0 Å². The summed E-state index contributed by atoms with van der Waals surface area (Å²) in [4.78, 5) is 34.9. The maximum absolute atomic E-state index is 13.2. The van der Waals surface area contributed by atoms with Crippen molar-refractivity contribution in [3.63, 3.8) is 0 Å². The summed E-state index contributed by atoms with van der Waals surface area (Å²) in [6, 6.07) is 11.0. The third-order valence-corrected chi connectivity index (χ3v) is 5.89. The average Bonchev–Trinajstić information content (AvgIpc) is 3.40. The zero-order valence-corrected chi connectivity index (χ0v) is 19.8. The molecule has 37 heavy (non-hydrogen) atoms. The normalized spacial score (nSPS) is 12.5. The van der Waals surface area contributed by atoms with Crippen LogP contribution in [-0.2, 0) is 13.1 Å². The number of halogens is 1. The Balaban J connectivity index is 1.29. The van der Waals surface area contributed by atoms with E-state index in [9.17, 15) is 14.4 Å². The number of benzene rings is 1. The molecule has 4 heterocycles. The molecule has 0 spiro atoms. The van der Waals surface area contributed by atoms with Gasteiger partial charge in [-0.25, -0.2) is 9.37 Å². The van der Waals surface area contributed by atoms with Crippen LogP contribution < -0.4 is 10.6 Å². The molecule has 1 aliphatic rings. The van der Waals surface area contributed by atoms with Gasteiger partial charge in [0.25, 0.3) is 5.91 Å². The molecule has 3 aromatic heterocycles. The highest BCUT2D eigenvalue weighted by molar-refractivity contribution is 5.99. The van der Waals surface area contributed by atoms with E-state index in [1.54, 1.807) is 43.9 Å². The van der Waals surface area contributed by atoms with Gasteiger partial charge in [0, 0.05) is 29.7 Å². The number of amides is 1. The lowest BCUT2D eigenvalue weighted by atomic mass is 10.1. The van der Waals surface area contributed by atoms with E-state index >= 15 is 0 Å². The second kappa shape index (κ2) is 10.3. The molecule has 0 bridgehead atoms. The number of pyridine rings is 2. The van der Waals surface area contributed by atoms with Crippen molar-refractivity contribution in [1.82, 2.24) is 25.3 Å². The topological polar surface area (TPSA) is 129 Å². The number of hydrogen-bond donors (Lipinski definition) is 2. The average molecular weight is 493 g/mol. The maximum Gasteiger partial charge on any atom is 0.255 e. The number of carbonyl (C=O) groups is 1. The quantitative estimate of drug-likeness (QED) is 0.399. The largest absolute Gasteiger partial charge is 0.364 e. The standard InChI is InChI=1S/C27H21FN8O/c1-16(18-2-4-21(28)5-3-18)36-27(37)23-6-17(8-29)9-34-26(23)35-13-22-12-33-25(15-31-22)20-7-19-10-30-14-24(19)32-11-20/h2-7,9,11-12,14-16H,10,13H2,1H3,(H,34,35)(H,36,37)/t16-/m0/s1. The molecular formula is C27H21FN8O. The zero-order valence-electron chi connectivity index (χ0n) is 19.8. The second-order valence-electron chi connectivity index (χ2n) is 8.46. The van der Waals surface area contributed by atoms with Crippen LogP contribution in [0.5, 0.6) is 0 Å². The third kappa shape index (κ3) is 5.31. The Morgan fingerprint density at radius 2 is 1.92 bits per heavy atom. The van der Waals surface area contributed by atoms with Crippen LogP contribution in [-0.4, -0.2) is 32.1 Å².